The van der Waals surface area contributed by atoms with E-state index in [1.807, 2.05) is 6.92 Å². The number of rotatable bonds is 6. The number of benzene rings is 1. The summed E-state index contributed by atoms with van der Waals surface area (Å²) in [6.45, 7) is 16.3. The van der Waals surface area contributed by atoms with Crippen molar-refractivity contribution in [1.29, 1.82) is 0 Å². The molecule has 1 aromatic carbocycles. The molecule has 4 nitrogen and oxygen atoms in total. The largest absolute Gasteiger partial charge is 0.376 e. The fourth-order valence-corrected chi connectivity index (χ4v) is 7.94. The lowest BCUT2D eigenvalue weighted by atomic mass is 9.49. The molecule has 2 aliphatic carbocycles. The van der Waals surface area contributed by atoms with E-state index in [1.54, 1.807) is 11.1 Å². The van der Waals surface area contributed by atoms with Gasteiger partial charge in [0, 0.05) is 25.3 Å². The Kier molecular flexibility index (Phi) is 6.68. The number of nitrogens with zero attached hydrogens (tertiary/aromatic N) is 1. The molecule has 2 fully saturated rings. The fourth-order valence-electron chi connectivity index (χ4n) is 7.94. The highest BCUT2D eigenvalue weighted by Gasteiger charge is 2.52. The van der Waals surface area contributed by atoms with Gasteiger partial charge in [-0.25, -0.2) is 0 Å². The second kappa shape index (κ2) is 9.34. The Balaban J connectivity index is 1.36. The number of aryl methyl sites for hydroxylation is 1. The van der Waals surface area contributed by atoms with Crippen molar-refractivity contribution in [2.75, 3.05) is 19.7 Å². The maximum atomic E-state index is 13.1. The molecule has 1 amide bonds. The average molecular weight is 479 g/mol. The van der Waals surface area contributed by atoms with Crippen LogP contribution in [0.4, 0.5) is 0 Å². The van der Waals surface area contributed by atoms with Crippen molar-refractivity contribution in [1.82, 2.24) is 10.2 Å². The minimum absolute atomic E-state index is 0.00110. The highest BCUT2D eigenvalue weighted by atomic mass is 16.5. The summed E-state index contributed by atoms with van der Waals surface area (Å²) in [6.07, 6.45) is 8.62. The first kappa shape index (κ1) is 25.0. The zero-order chi connectivity index (χ0) is 25.0. The van der Waals surface area contributed by atoms with Crippen LogP contribution in [-0.4, -0.2) is 42.8 Å². The molecule has 5 rings (SSSR count). The highest BCUT2D eigenvalue weighted by Crippen LogP contribution is 2.57. The van der Waals surface area contributed by atoms with Gasteiger partial charge in [0.25, 0.3) is 5.91 Å². The van der Waals surface area contributed by atoms with Crippen LogP contribution in [0.1, 0.15) is 103 Å². The maximum absolute atomic E-state index is 13.1. The minimum Gasteiger partial charge on any atom is -0.376 e. The topological polar surface area (TPSA) is 41.6 Å². The number of hydrogen-bond acceptors (Lipinski definition) is 3. The van der Waals surface area contributed by atoms with Crippen LogP contribution < -0.4 is 5.32 Å². The van der Waals surface area contributed by atoms with Crippen molar-refractivity contribution in [3.63, 3.8) is 0 Å². The van der Waals surface area contributed by atoms with Gasteiger partial charge in [-0.05, 0) is 97.3 Å². The molecule has 5 atom stereocenters. The van der Waals surface area contributed by atoms with Gasteiger partial charge >= 0.3 is 0 Å². The van der Waals surface area contributed by atoms with Crippen LogP contribution in [0.2, 0.25) is 0 Å². The zero-order valence-corrected chi connectivity index (χ0v) is 22.9. The van der Waals surface area contributed by atoms with Crippen molar-refractivity contribution in [3.8, 4) is 0 Å². The van der Waals surface area contributed by atoms with Crippen LogP contribution in [0.3, 0.4) is 0 Å². The Morgan fingerprint density at radius 1 is 1.14 bits per heavy atom. The van der Waals surface area contributed by atoms with Gasteiger partial charge in [-0.15, -0.1) is 0 Å². The second-order valence-electron chi connectivity index (χ2n) is 12.8. The number of ether oxygens (including phenoxy) is 1. The lowest BCUT2D eigenvalue weighted by molar-refractivity contribution is -0.129. The van der Waals surface area contributed by atoms with Gasteiger partial charge in [0.05, 0.1) is 6.10 Å². The number of nitrogens with one attached hydrogen (secondary N) is 1. The summed E-state index contributed by atoms with van der Waals surface area (Å²) in [7, 11) is 0. The van der Waals surface area contributed by atoms with Gasteiger partial charge < -0.3 is 9.64 Å². The molecule has 2 heterocycles. The van der Waals surface area contributed by atoms with Crippen LogP contribution in [0.5, 0.6) is 0 Å². The van der Waals surface area contributed by atoms with E-state index < -0.39 is 0 Å². The average Bonchev–Trinajstić information content (AvgIpc) is 3.41. The molecule has 1 aromatic rings. The van der Waals surface area contributed by atoms with Gasteiger partial charge in [-0.3, -0.25) is 10.1 Å². The quantitative estimate of drug-likeness (QED) is 0.538. The summed E-state index contributed by atoms with van der Waals surface area (Å²) < 4.78 is 5.90. The minimum atomic E-state index is 0.00110. The molecule has 0 spiro atoms. The molecule has 4 heteroatoms. The number of fused-ring (bicyclic) bond motifs is 3. The summed E-state index contributed by atoms with van der Waals surface area (Å²) in [6, 6.07) is 7.34. The van der Waals surface area contributed by atoms with Crippen LogP contribution in [0, 0.1) is 11.3 Å². The molecule has 1 N–H and O–H groups in total. The lowest BCUT2D eigenvalue weighted by Crippen LogP contribution is -2.56. The molecule has 4 aliphatic rings. The second-order valence-corrected chi connectivity index (χ2v) is 12.8. The smallest absolute Gasteiger partial charge is 0.251 e. The van der Waals surface area contributed by atoms with E-state index in [9.17, 15) is 4.79 Å². The summed E-state index contributed by atoms with van der Waals surface area (Å²) in [4.78, 5) is 15.2. The predicted octanol–water partition coefficient (Wildman–Crippen LogP) is 6.09. The molecule has 1 saturated heterocycles. The SMILES string of the molecule is CC1=C(C)[C@H](NC[C@]2(C)CCC[C@@]3(C)c4ccc(C(C)C)cc4CC[C@@H]23)N(C[C@@H]2CCCO2)C1=O. The Bertz CT molecular complexity index is 1010. The lowest BCUT2D eigenvalue weighted by Gasteiger charge is -2.56. The third kappa shape index (κ3) is 4.29. The molecule has 2 aliphatic heterocycles. The summed E-state index contributed by atoms with van der Waals surface area (Å²) in [5.41, 5.74) is 7.22. The summed E-state index contributed by atoms with van der Waals surface area (Å²) in [5, 5.41) is 3.92. The van der Waals surface area contributed by atoms with E-state index in [0.29, 0.717) is 18.4 Å². The monoisotopic (exact) mass is 478 g/mol. The van der Waals surface area contributed by atoms with Crippen molar-refractivity contribution < 1.29 is 9.53 Å². The van der Waals surface area contributed by atoms with Gasteiger partial charge in [-0.1, -0.05) is 52.3 Å². The molecule has 0 bridgehead atoms. The van der Waals surface area contributed by atoms with Crippen LogP contribution >= 0.6 is 0 Å². The Hall–Kier alpha value is -1.65. The van der Waals surface area contributed by atoms with E-state index >= 15 is 0 Å². The predicted molar refractivity (Wildman–Crippen MR) is 143 cm³/mol. The molecule has 1 saturated carbocycles. The summed E-state index contributed by atoms with van der Waals surface area (Å²) in [5.74, 6) is 1.42. The molecule has 192 valence electrons. The molecule has 35 heavy (non-hydrogen) atoms. The first-order chi connectivity index (χ1) is 16.6. The van der Waals surface area contributed by atoms with Crippen molar-refractivity contribution in [2.24, 2.45) is 11.3 Å². The van der Waals surface area contributed by atoms with Gasteiger partial charge in [-0.2, -0.15) is 0 Å². The molecule has 0 unspecified atom stereocenters. The molecular formula is C31H46N2O2. The van der Waals surface area contributed by atoms with E-state index in [4.69, 9.17) is 4.74 Å². The third-order valence-electron chi connectivity index (χ3n) is 10.2. The molecular weight excluding hydrogens is 432 g/mol. The number of hydrogen-bond donors (Lipinski definition) is 1. The van der Waals surface area contributed by atoms with Crippen LogP contribution in [-0.2, 0) is 21.4 Å². The van der Waals surface area contributed by atoms with Gasteiger partial charge in [0.1, 0.15) is 6.17 Å². The fraction of sp³-hybridized carbons (Fsp3) is 0.710. The van der Waals surface area contributed by atoms with Crippen LogP contribution in [0.15, 0.2) is 29.3 Å². The summed E-state index contributed by atoms with van der Waals surface area (Å²) >= 11 is 0. The highest BCUT2D eigenvalue weighted by molar-refractivity contribution is 5.97. The third-order valence-corrected chi connectivity index (χ3v) is 10.2. The van der Waals surface area contributed by atoms with E-state index in [1.165, 1.54) is 43.2 Å². The normalized spacial score (nSPS) is 35.1. The number of carbonyl (C=O) groups excluding carboxylic acids is 1. The standard InChI is InChI=1S/C31H46N2O2/c1-20(2)23-10-12-26-24(17-23)11-13-27-30(5,14-8-15-31(26,27)6)19-32-28-21(3)22(4)29(34)33(28)18-25-9-7-16-35-25/h10,12,17,20,25,27-28,32H,7-9,11,13-16,18-19H2,1-6H3/t25-,27-,28+,30-,31-/m0/s1. The van der Waals surface area contributed by atoms with E-state index in [0.717, 1.165) is 31.6 Å². The van der Waals surface area contributed by atoms with E-state index in [2.05, 4.69) is 63.0 Å². The van der Waals surface area contributed by atoms with Crippen LogP contribution in [0.25, 0.3) is 0 Å². The zero-order valence-electron chi connectivity index (χ0n) is 22.9. The maximum Gasteiger partial charge on any atom is 0.251 e. The Labute approximate surface area is 212 Å². The van der Waals surface area contributed by atoms with Gasteiger partial charge in [0.15, 0.2) is 0 Å². The van der Waals surface area contributed by atoms with Crippen molar-refractivity contribution >= 4 is 5.91 Å². The Morgan fingerprint density at radius 2 is 1.94 bits per heavy atom. The first-order valence-electron chi connectivity index (χ1n) is 14.1. The molecule has 0 aromatic heterocycles. The van der Waals surface area contributed by atoms with Gasteiger partial charge in [0.2, 0.25) is 0 Å². The number of amides is 1. The first-order valence-corrected chi connectivity index (χ1v) is 14.1. The van der Waals surface area contributed by atoms with Crippen molar-refractivity contribution in [3.05, 3.63) is 46.0 Å². The van der Waals surface area contributed by atoms with Crippen molar-refractivity contribution in [2.45, 2.75) is 110 Å². The molecule has 0 radical (unpaired) electrons. The number of carbonyl (C=O) groups is 1. The van der Waals surface area contributed by atoms with E-state index in [-0.39, 0.29) is 29.0 Å². The Morgan fingerprint density at radius 3 is 2.66 bits per heavy atom.